The quantitative estimate of drug-likeness (QED) is 0.755. The van der Waals surface area contributed by atoms with Gasteiger partial charge in [-0.15, -0.1) is 0 Å². The number of methoxy groups -OCH3 is 1. The van der Waals surface area contributed by atoms with Crippen LogP contribution in [0.25, 0.3) is 16.9 Å². The first-order valence-corrected chi connectivity index (χ1v) is 6.91. The number of aliphatic hydroxyl groups is 1. The maximum atomic E-state index is 11.7. The average Bonchev–Trinajstić information content (AvgIpc) is 2.92. The number of carbonyl (C=O) groups is 1. The van der Waals surface area contributed by atoms with Gasteiger partial charge in [-0.3, -0.25) is 0 Å². The molecule has 2 heterocycles. The summed E-state index contributed by atoms with van der Waals surface area (Å²) >= 11 is 0. The summed E-state index contributed by atoms with van der Waals surface area (Å²) in [6, 6.07) is 11.3. The molecule has 0 aliphatic carbocycles. The minimum atomic E-state index is -0.420. The van der Waals surface area contributed by atoms with Crippen LogP contribution in [0.4, 0.5) is 0 Å². The standard InChI is InChI=1S/C17H16N2O3/c1-11-3-5-12(6-4-11)16-14(10-20)19-9-13(17(21)22-2)7-8-15(19)18-16/h3-9,20H,10H2,1-2H3. The van der Waals surface area contributed by atoms with Gasteiger partial charge in [0.1, 0.15) is 5.65 Å². The molecule has 1 aromatic carbocycles. The molecule has 0 saturated carbocycles. The highest BCUT2D eigenvalue weighted by Gasteiger charge is 2.15. The number of hydrogen-bond acceptors (Lipinski definition) is 4. The van der Waals surface area contributed by atoms with E-state index < -0.39 is 5.97 Å². The van der Waals surface area contributed by atoms with E-state index in [1.807, 2.05) is 31.2 Å². The highest BCUT2D eigenvalue weighted by Crippen LogP contribution is 2.25. The SMILES string of the molecule is COC(=O)c1ccc2nc(-c3ccc(C)cc3)c(CO)n2c1. The molecule has 0 fully saturated rings. The Bertz CT molecular complexity index is 835. The number of benzene rings is 1. The van der Waals surface area contributed by atoms with E-state index in [0.717, 1.165) is 11.1 Å². The predicted octanol–water partition coefficient (Wildman–Crippen LogP) is 2.59. The zero-order valence-electron chi connectivity index (χ0n) is 12.4. The van der Waals surface area contributed by atoms with Crippen molar-refractivity contribution in [3.63, 3.8) is 0 Å². The molecule has 0 aliphatic heterocycles. The Morgan fingerprint density at radius 1 is 1.23 bits per heavy atom. The average molecular weight is 296 g/mol. The molecule has 0 spiro atoms. The summed E-state index contributed by atoms with van der Waals surface area (Å²) in [5.41, 5.74) is 4.53. The summed E-state index contributed by atoms with van der Waals surface area (Å²) in [4.78, 5) is 16.2. The molecule has 5 nitrogen and oxygen atoms in total. The van der Waals surface area contributed by atoms with Gasteiger partial charge in [0, 0.05) is 11.8 Å². The van der Waals surface area contributed by atoms with Gasteiger partial charge in [-0.25, -0.2) is 9.78 Å². The third-order valence-corrected chi connectivity index (χ3v) is 3.61. The van der Waals surface area contributed by atoms with Crippen molar-refractivity contribution in [3.05, 3.63) is 59.4 Å². The van der Waals surface area contributed by atoms with Crippen molar-refractivity contribution in [1.29, 1.82) is 0 Å². The smallest absolute Gasteiger partial charge is 0.339 e. The van der Waals surface area contributed by atoms with E-state index >= 15 is 0 Å². The minimum absolute atomic E-state index is 0.172. The second-order valence-electron chi connectivity index (χ2n) is 5.07. The topological polar surface area (TPSA) is 63.8 Å². The predicted molar refractivity (Wildman–Crippen MR) is 82.6 cm³/mol. The molecule has 2 aromatic heterocycles. The van der Waals surface area contributed by atoms with E-state index in [4.69, 9.17) is 4.74 Å². The molecule has 0 amide bonds. The number of nitrogens with zero attached hydrogens (tertiary/aromatic N) is 2. The number of carbonyl (C=O) groups excluding carboxylic acids is 1. The van der Waals surface area contributed by atoms with Crippen LogP contribution in [0.3, 0.4) is 0 Å². The second kappa shape index (κ2) is 5.61. The van der Waals surface area contributed by atoms with Crippen LogP contribution in [0, 0.1) is 6.92 Å². The summed E-state index contributed by atoms with van der Waals surface area (Å²) in [7, 11) is 1.34. The molecule has 112 valence electrons. The molecule has 0 saturated heterocycles. The van der Waals surface area contributed by atoms with E-state index in [9.17, 15) is 9.90 Å². The van der Waals surface area contributed by atoms with Crippen molar-refractivity contribution >= 4 is 11.6 Å². The molecule has 5 heteroatoms. The highest BCUT2D eigenvalue weighted by atomic mass is 16.5. The second-order valence-corrected chi connectivity index (χ2v) is 5.07. The first-order valence-electron chi connectivity index (χ1n) is 6.91. The Balaban J connectivity index is 2.19. The molecule has 3 aromatic rings. The molecule has 0 radical (unpaired) electrons. The molecule has 0 atom stereocenters. The fourth-order valence-corrected chi connectivity index (χ4v) is 2.43. The van der Waals surface area contributed by atoms with Gasteiger partial charge in [-0.2, -0.15) is 0 Å². The number of ether oxygens (including phenoxy) is 1. The van der Waals surface area contributed by atoms with Gasteiger partial charge >= 0.3 is 5.97 Å². The molecule has 3 rings (SSSR count). The van der Waals surface area contributed by atoms with Gasteiger partial charge in [0.2, 0.25) is 0 Å². The first-order chi connectivity index (χ1) is 10.6. The van der Waals surface area contributed by atoms with Crippen molar-refractivity contribution in [2.45, 2.75) is 13.5 Å². The fraction of sp³-hybridized carbons (Fsp3) is 0.176. The zero-order chi connectivity index (χ0) is 15.7. The molecular weight excluding hydrogens is 280 g/mol. The van der Waals surface area contributed by atoms with Gasteiger partial charge in [0.25, 0.3) is 0 Å². The Kier molecular flexibility index (Phi) is 3.65. The molecule has 0 unspecified atom stereocenters. The number of aryl methyl sites for hydroxylation is 1. The summed E-state index contributed by atoms with van der Waals surface area (Å²) in [6.07, 6.45) is 1.64. The Morgan fingerprint density at radius 2 is 1.95 bits per heavy atom. The van der Waals surface area contributed by atoms with Gasteiger partial charge in [0.05, 0.1) is 30.7 Å². The zero-order valence-corrected chi connectivity index (χ0v) is 12.4. The first kappa shape index (κ1) is 14.3. The lowest BCUT2D eigenvalue weighted by Gasteiger charge is -2.04. The summed E-state index contributed by atoms with van der Waals surface area (Å²) in [5, 5.41) is 9.73. The lowest BCUT2D eigenvalue weighted by atomic mass is 10.1. The fourth-order valence-electron chi connectivity index (χ4n) is 2.43. The number of pyridine rings is 1. The van der Waals surface area contributed by atoms with Gasteiger partial charge in [0.15, 0.2) is 0 Å². The van der Waals surface area contributed by atoms with Crippen LogP contribution in [0.2, 0.25) is 0 Å². The maximum absolute atomic E-state index is 11.7. The Morgan fingerprint density at radius 3 is 2.59 bits per heavy atom. The van der Waals surface area contributed by atoms with Crippen LogP contribution >= 0.6 is 0 Å². The Labute approximate surface area is 127 Å². The van der Waals surface area contributed by atoms with Crippen LogP contribution in [0.1, 0.15) is 21.6 Å². The largest absolute Gasteiger partial charge is 0.465 e. The van der Waals surface area contributed by atoms with Crippen LogP contribution in [-0.4, -0.2) is 27.6 Å². The van der Waals surface area contributed by atoms with E-state index in [0.29, 0.717) is 22.6 Å². The van der Waals surface area contributed by atoms with Gasteiger partial charge in [-0.05, 0) is 19.1 Å². The number of esters is 1. The lowest BCUT2D eigenvalue weighted by molar-refractivity contribution is 0.0600. The maximum Gasteiger partial charge on any atom is 0.339 e. The van der Waals surface area contributed by atoms with Crippen LogP contribution in [0.5, 0.6) is 0 Å². The third kappa shape index (κ3) is 2.35. The summed E-state index contributed by atoms with van der Waals surface area (Å²) in [5.74, 6) is -0.420. The van der Waals surface area contributed by atoms with Crippen molar-refractivity contribution in [2.75, 3.05) is 7.11 Å². The van der Waals surface area contributed by atoms with Crippen molar-refractivity contribution in [3.8, 4) is 11.3 Å². The molecule has 0 aliphatic rings. The number of fused-ring (bicyclic) bond motifs is 1. The van der Waals surface area contributed by atoms with Gasteiger partial charge < -0.3 is 14.2 Å². The van der Waals surface area contributed by atoms with Crippen molar-refractivity contribution < 1.29 is 14.6 Å². The third-order valence-electron chi connectivity index (χ3n) is 3.61. The van der Waals surface area contributed by atoms with Gasteiger partial charge in [-0.1, -0.05) is 29.8 Å². The summed E-state index contributed by atoms with van der Waals surface area (Å²) < 4.78 is 6.45. The molecule has 0 bridgehead atoms. The number of imidazole rings is 1. The van der Waals surface area contributed by atoms with E-state index in [1.165, 1.54) is 7.11 Å². The summed E-state index contributed by atoms with van der Waals surface area (Å²) in [6.45, 7) is 1.85. The number of aromatic nitrogens is 2. The molecular formula is C17H16N2O3. The van der Waals surface area contributed by atoms with Crippen LogP contribution in [0.15, 0.2) is 42.6 Å². The highest BCUT2D eigenvalue weighted by molar-refractivity contribution is 5.89. The monoisotopic (exact) mass is 296 g/mol. The molecule has 22 heavy (non-hydrogen) atoms. The minimum Gasteiger partial charge on any atom is -0.465 e. The number of hydrogen-bond donors (Lipinski definition) is 1. The normalized spacial score (nSPS) is 10.9. The number of aliphatic hydroxyl groups excluding tert-OH is 1. The van der Waals surface area contributed by atoms with Crippen molar-refractivity contribution in [2.24, 2.45) is 0 Å². The van der Waals surface area contributed by atoms with Crippen LogP contribution in [-0.2, 0) is 11.3 Å². The van der Waals surface area contributed by atoms with E-state index in [-0.39, 0.29) is 6.61 Å². The lowest BCUT2D eigenvalue weighted by Crippen LogP contribution is -2.04. The molecule has 1 N–H and O–H groups in total. The van der Waals surface area contributed by atoms with E-state index in [1.54, 1.807) is 22.7 Å². The van der Waals surface area contributed by atoms with E-state index in [2.05, 4.69) is 4.98 Å². The van der Waals surface area contributed by atoms with Crippen LogP contribution < -0.4 is 0 Å². The van der Waals surface area contributed by atoms with Crippen molar-refractivity contribution in [1.82, 2.24) is 9.38 Å². The number of rotatable bonds is 3. The Hall–Kier alpha value is -2.66.